The van der Waals surface area contributed by atoms with E-state index in [2.05, 4.69) is 10.3 Å². The van der Waals surface area contributed by atoms with Crippen LogP contribution < -0.4 is 20.7 Å². The number of allylic oxidation sites excluding steroid dienone is 3. The highest BCUT2D eigenvalue weighted by molar-refractivity contribution is 6.35. The van der Waals surface area contributed by atoms with Crippen LogP contribution in [0.3, 0.4) is 0 Å². The van der Waals surface area contributed by atoms with Gasteiger partial charge in [-0.25, -0.2) is 9.59 Å². The molecule has 0 saturated carbocycles. The zero-order valence-electron chi connectivity index (χ0n) is 33.8. The molecule has 6 rings (SSSR count). The summed E-state index contributed by atoms with van der Waals surface area (Å²) in [6.45, 7) is 6.92. The van der Waals surface area contributed by atoms with Crippen molar-refractivity contribution in [3.8, 4) is 5.75 Å². The van der Waals surface area contributed by atoms with Crippen LogP contribution in [0.25, 0.3) is 10.8 Å². The minimum Gasteiger partial charge on any atom is -0.495 e. The number of epoxide rings is 1. The summed E-state index contributed by atoms with van der Waals surface area (Å²) in [6, 6.07) is 9.30. The van der Waals surface area contributed by atoms with Gasteiger partial charge in [0.25, 0.3) is 5.91 Å². The summed E-state index contributed by atoms with van der Waals surface area (Å²) < 4.78 is 29.4. The highest BCUT2D eigenvalue weighted by Crippen LogP contribution is 2.49. The Bertz CT molecular complexity index is 2180. The highest BCUT2D eigenvalue weighted by atomic mass is 35.5. The van der Waals surface area contributed by atoms with Crippen LogP contribution >= 0.6 is 11.6 Å². The quantitative estimate of drug-likeness (QED) is 0.172. The summed E-state index contributed by atoms with van der Waals surface area (Å²) in [6.07, 6.45) is 2.22. The fourth-order valence-corrected chi connectivity index (χ4v) is 7.95. The molecular weight excluding hydrogens is 770 g/mol. The van der Waals surface area contributed by atoms with Crippen LogP contribution in [0.15, 0.2) is 66.4 Å². The number of ether oxygens (including phenoxy) is 5. The molecule has 0 unspecified atom stereocenters. The van der Waals surface area contributed by atoms with Gasteiger partial charge in [0.1, 0.15) is 46.4 Å². The van der Waals surface area contributed by atoms with Gasteiger partial charge in [-0.3, -0.25) is 19.9 Å². The SMILES string of the molecule is COc1cc2cc(c1Cl)N(C)C(=O)C[C@H](OC(=O)[C@H](C)N(C)C(=O)c1cc3ccc(N)cc3cn1)[C@]1(C)O[C@H]1[C@H](C)[C@@H]1C[C@@](O)(NC(=O)O1)[C@H](OC)/C=C/C=C(\C)C2. The monoisotopic (exact) mass is 819 g/mol. The number of benzene rings is 2. The molecule has 4 heterocycles. The lowest BCUT2D eigenvalue weighted by Crippen LogP contribution is -2.63. The number of anilines is 2. The maximum atomic E-state index is 14.3. The van der Waals surface area contributed by atoms with Crippen LogP contribution in [-0.2, 0) is 35.0 Å². The van der Waals surface area contributed by atoms with Crippen molar-refractivity contribution in [3.63, 3.8) is 0 Å². The summed E-state index contributed by atoms with van der Waals surface area (Å²) in [5.41, 5.74) is 5.53. The van der Waals surface area contributed by atoms with Gasteiger partial charge in [0.15, 0.2) is 5.72 Å². The van der Waals surface area contributed by atoms with E-state index in [1.807, 2.05) is 13.0 Å². The lowest BCUT2D eigenvalue weighted by Gasteiger charge is -2.42. The smallest absolute Gasteiger partial charge is 0.409 e. The molecular formula is C42H50ClN5O10. The maximum Gasteiger partial charge on any atom is 0.409 e. The standard InChI is InChI=1S/C42H50ClN5O10/c1-22-10-9-11-33(55-8)42(53)20-32(56-40(52)46-42)23(2)37-41(4,58-37)34(19-35(49)48(6)30-15-25(14-22)16-31(54-7)36(30)43)57-39(51)24(3)47(5)38(50)29-18-26-12-13-28(44)17-27(26)21-45-29/h9-13,15-18,21,23-24,32-34,37,53H,14,19-20,44H2,1-8H3,(H,46,52)/b11-9+,22-10+/t23-,24+,32+,33-,34+,37+,41+,42+/m1/s1. The molecule has 0 aliphatic carbocycles. The number of methoxy groups -OCH3 is 2. The summed E-state index contributed by atoms with van der Waals surface area (Å²) in [5, 5.41) is 16.0. The molecule has 15 nitrogen and oxygen atoms in total. The van der Waals surface area contributed by atoms with Gasteiger partial charge < -0.3 is 44.3 Å². The van der Waals surface area contributed by atoms with E-state index in [0.717, 1.165) is 21.9 Å². The summed E-state index contributed by atoms with van der Waals surface area (Å²) in [7, 11) is 5.93. The van der Waals surface area contributed by atoms with E-state index in [-0.39, 0.29) is 23.6 Å². The predicted molar refractivity (Wildman–Crippen MR) is 216 cm³/mol. The number of likely N-dealkylation sites (N-methyl/N-ethyl adjacent to an activating group) is 1. The van der Waals surface area contributed by atoms with E-state index in [0.29, 0.717) is 23.5 Å². The highest BCUT2D eigenvalue weighted by Gasteiger charge is 2.64. The largest absolute Gasteiger partial charge is 0.495 e. The van der Waals surface area contributed by atoms with Crippen molar-refractivity contribution in [2.24, 2.45) is 5.92 Å². The second kappa shape index (κ2) is 16.6. The number of nitrogens with one attached hydrogen (secondary N) is 1. The third-order valence-electron chi connectivity index (χ3n) is 11.4. The number of hydrogen-bond donors (Lipinski definition) is 3. The van der Waals surface area contributed by atoms with Crippen LogP contribution in [0.5, 0.6) is 5.75 Å². The number of carbonyl (C=O) groups is 4. The Balaban J connectivity index is 1.34. The second-order valence-electron chi connectivity index (χ2n) is 15.5. The third-order valence-corrected chi connectivity index (χ3v) is 11.8. The first-order chi connectivity index (χ1) is 27.4. The third kappa shape index (κ3) is 8.48. The Morgan fingerprint density at radius 1 is 1.17 bits per heavy atom. The Labute approximate surface area is 342 Å². The van der Waals surface area contributed by atoms with Crippen molar-refractivity contribution in [2.75, 3.05) is 38.9 Å². The number of rotatable bonds is 6. The molecule has 3 aliphatic rings. The van der Waals surface area contributed by atoms with Crippen molar-refractivity contribution in [1.82, 2.24) is 15.2 Å². The lowest BCUT2D eigenvalue weighted by atomic mass is 9.83. The van der Waals surface area contributed by atoms with Crippen LogP contribution in [0.2, 0.25) is 5.02 Å². The molecule has 16 heteroatoms. The van der Waals surface area contributed by atoms with Crippen molar-refractivity contribution < 1.29 is 48.0 Å². The molecule has 0 spiro atoms. The van der Waals surface area contributed by atoms with Gasteiger partial charge in [-0.2, -0.15) is 0 Å². The number of esters is 1. The van der Waals surface area contributed by atoms with E-state index in [9.17, 15) is 24.3 Å². The number of aliphatic hydroxyl groups is 1. The van der Waals surface area contributed by atoms with Crippen LogP contribution in [0, 0.1) is 5.92 Å². The Morgan fingerprint density at radius 2 is 1.91 bits per heavy atom. The van der Waals surface area contributed by atoms with Crippen molar-refractivity contribution >= 4 is 57.6 Å². The molecule has 0 radical (unpaired) electrons. The fourth-order valence-electron chi connectivity index (χ4n) is 7.64. The fraction of sp³-hybridized carbons (Fsp3) is 0.452. The molecule has 4 N–H and O–H groups in total. The van der Waals surface area contributed by atoms with Gasteiger partial charge in [-0.1, -0.05) is 48.4 Å². The topological polar surface area (TPSA) is 195 Å². The van der Waals surface area contributed by atoms with Crippen LogP contribution in [0.4, 0.5) is 16.2 Å². The van der Waals surface area contributed by atoms with E-state index < -0.39 is 71.6 Å². The maximum absolute atomic E-state index is 14.3. The minimum atomic E-state index is -1.85. The van der Waals surface area contributed by atoms with E-state index in [1.54, 1.807) is 69.4 Å². The van der Waals surface area contributed by atoms with Gasteiger partial charge >= 0.3 is 12.1 Å². The number of halogens is 1. The van der Waals surface area contributed by atoms with Crippen LogP contribution in [-0.4, -0.2) is 109 Å². The van der Waals surface area contributed by atoms with E-state index in [1.165, 1.54) is 44.2 Å². The van der Waals surface area contributed by atoms with Crippen molar-refractivity contribution in [3.05, 3.63) is 82.7 Å². The summed E-state index contributed by atoms with van der Waals surface area (Å²) in [4.78, 5) is 61.7. The first-order valence-electron chi connectivity index (χ1n) is 18.9. The number of nitrogen functional groups attached to an aromatic ring is 1. The number of pyridine rings is 1. The van der Waals surface area contributed by atoms with Gasteiger partial charge in [-0.15, -0.1) is 0 Å². The summed E-state index contributed by atoms with van der Waals surface area (Å²) in [5.74, 6) is -1.99. The number of aromatic nitrogens is 1. The molecule has 310 valence electrons. The van der Waals surface area contributed by atoms with Crippen molar-refractivity contribution in [1.29, 1.82) is 0 Å². The molecule has 4 bridgehead atoms. The molecule has 3 aromatic rings. The van der Waals surface area contributed by atoms with Gasteiger partial charge in [0.05, 0.1) is 25.3 Å². The Morgan fingerprint density at radius 3 is 2.62 bits per heavy atom. The predicted octanol–water partition coefficient (Wildman–Crippen LogP) is 4.96. The average Bonchev–Trinajstić information content (AvgIpc) is 3.89. The number of fused-ring (bicyclic) bond motifs is 6. The number of hydrogen-bond acceptors (Lipinski definition) is 12. The van der Waals surface area contributed by atoms with E-state index in [4.69, 9.17) is 41.0 Å². The average molecular weight is 820 g/mol. The molecule has 3 aliphatic heterocycles. The zero-order valence-corrected chi connectivity index (χ0v) is 34.5. The van der Waals surface area contributed by atoms with Gasteiger partial charge in [-0.05, 0) is 68.5 Å². The molecule has 3 amide bonds. The minimum absolute atomic E-state index is 0.0717. The van der Waals surface area contributed by atoms with Gasteiger partial charge in [0, 0.05) is 50.8 Å². The second-order valence-corrected chi connectivity index (χ2v) is 15.9. The molecule has 58 heavy (non-hydrogen) atoms. The van der Waals surface area contributed by atoms with E-state index >= 15 is 0 Å². The lowest BCUT2D eigenvalue weighted by molar-refractivity contribution is -0.158. The first-order valence-corrected chi connectivity index (χ1v) is 19.3. The number of nitrogens with zero attached hydrogens (tertiary/aromatic N) is 3. The zero-order chi connectivity index (χ0) is 42.3. The van der Waals surface area contributed by atoms with Crippen molar-refractivity contribution in [2.45, 2.75) is 88.7 Å². The Kier molecular flexibility index (Phi) is 12.1. The molecule has 8 atom stereocenters. The Hall–Kier alpha value is -5.22. The molecule has 1 aromatic heterocycles. The molecule has 2 fully saturated rings. The van der Waals surface area contributed by atoms with Crippen LogP contribution in [0.1, 0.15) is 56.6 Å². The number of carbonyl (C=O) groups excluding carboxylic acids is 4. The normalized spacial score (nSPS) is 29.5. The number of amides is 3. The molecule has 2 saturated heterocycles. The first kappa shape index (κ1) is 42.4. The number of alkyl carbamates (subject to hydrolysis) is 1. The number of nitrogens with two attached hydrogens (primary N) is 1. The molecule has 2 aromatic carbocycles. The van der Waals surface area contributed by atoms with Gasteiger partial charge in [0.2, 0.25) is 5.91 Å². The summed E-state index contributed by atoms with van der Waals surface area (Å²) >= 11 is 6.79.